The maximum absolute atomic E-state index is 12.6. The molecule has 0 atom stereocenters. The average molecular weight is 330 g/mol. The van der Waals surface area contributed by atoms with Gasteiger partial charge in [-0.3, -0.25) is 4.79 Å². The van der Waals surface area contributed by atoms with Crippen molar-refractivity contribution in [3.63, 3.8) is 0 Å². The molecule has 0 aliphatic heterocycles. The van der Waals surface area contributed by atoms with E-state index in [-0.39, 0.29) is 5.91 Å². The minimum absolute atomic E-state index is 0.210. The second kappa shape index (κ2) is 7.43. The van der Waals surface area contributed by atoms with E-state index in [0.717, 1.165) is 5.56 Å². The molecule has 2 aromatic rings. The second-order valence-corrected chi connectivity index (χ2v) is 6.08. The Kier molecular flexibility index (Phi) is 5.54. The number of rotatable bonds is 6. The summed E-state index contributed by atoms with van der Waals surface area (Å²) in [5.41, 5.74) is 3.90. The molecule has 0 spiro atoms. The van der Waals surface area contributed by atoms with E-state index in [1.165, 1.54) is 11.4 Å². The average Bonchev–Trinajstić information content (AvgIpc) is 2.85. The fourth-order valence-corrected chi connectivity index (χ4v) is 3.16. The number of nitrogens with one attached hydrogen (secondary N) is 1. The van der Waals surface area contributed by atoms with Crippen LogP contribution in [0.5, 0.6) is 11.5 Å². The van der Waals surface area contributed by atoms with Crippen LogP contribution in [0.4, 0.5) is 0 Å². The molecule has 0 bridgehead atoms. The maximum Gasteiger partial charge on any atom is 0.259 e. The largest absolute Gasteiger partial charge is 0.496 e. The standard InChI is InChI=1S/C19H26N2O3/c1-12(2)21-13(3)10-15(14(21)4)11-20-19(22)18-16(23-5)8-7-9-17(18)24-6/h7-10,12H,11H2,1-6H3,(H,20,22). The molecule has 2 rings (SSSR count). The van der Waals surface area contributed by atoms with Gasteiger partial charge in [0.2, 0.25) is 0 Å². The summed E-state index contributed by atoms with van der Waals surface area (Å²) in [5.74, 6) is 0.789. The molecule has 1 heterocycles. The lowest BCUT2D eigenvalue weighted by Gasteiger charge is -2.15. The minimum atomic E-state index is -0.210. The monoisotopic (exact) mass is 330 g/mol. The highest BCUT2D eigenvalue weighted by molar-refractivity contribution is 5.99. The van der Waals surface area contributed by atoms with Gasteiger partial charge in [0.15, 0.2) is 0 Å². The molecular weight excluding hydrogens is 304 g/mol. The number of hydrogen-bond acceptors (Lipinski definition) is 3. The predicted molar refractivity (Wildman–Crippen MR) is 95.0 cm³/mol. The zero-order valence-electron chi connectivity index (χ0n) is 15.3. The van der Waals surface area contributed by atoms with Crippen LogP contribution in [0.15, 0.2) is 24.3 Å². The third-order valence-electron chi connectivity index (χ3n) is 4.20. The Morgan fingerprint density at radius 2 is 1.75 bits per heavy atom. The molecule has 24 heavy (non-hydrogen) atoms. The molecule has 5 heteroatoms. The van der Waals surface area contributed by atoms with Crippen LogP contribution in [-0.4, -0.2) is 24.7 Å². The minimum Gasteiger partial charge on any atom is -0.496 e. The summed E-state index contributed by atoms with van der Waals surface area (Å²) in [4.78, 5) is 12.6. The van der Waals surface area contributed by atoms with Gasteiger partial charge in [0, 0.05) is 24.0 Å². The Labute approximate surface area is 143 Å². The Bertz CT molecular complexity index is 710. The molecule has 1 aromatic heterocycles. The summed E-state index contributed by atoms with van der Waals surface area (Å²) in [7, 11) is 3.09. The normalized spacial score (nSPS) is 10.8. The van der Waals surface area contributed by atoms with Gasteiger partial charge < -0.3 is 19.4 Å². The first-order valence-corrected chi connectivity index (χ1v) is 8.07. The van der Waals surface area contributed by atoms with Crippen molar-refractivity contribution in [1.29, 1.82) is 0 Å². The molecule has 130 valence electrons. The second-order valence-electron chi connectivity index (χ2n) is 6.08. The number of hydrogen-bond donors (Lipinski definition) is 1. The van der Waals surface area contributed by atoms with E-state index in [4.69, 9.17) is 9.47 Å². The molecule has 5 nitrogen and oxygen atoms in total. The van der Waals surface area contributed by atoms with E-state index in [1.54, 1.807) is 32.4 Å². The number of amides is 1. The van der Waals surface area contributed by atoms with E-state index in [0.29, 0.717) is 29.6 Å². The third kappa shape index (κ3) is 3.40. The van der Waals surface area contributed by atoms with Crippen molar-refractivity contribution in [3.8, 4) is 11.5 Å². The molecule has 0 aliphatic rings. The van der Waals surface area contributed by atoms with Crippen LogP contribution in [0.1, 0.15) is 47.2 Å². The van der Waals surface area contributed by atoms with Gasteiger partial charge in [-0.15, -0.1) is 0 Å². The summed E-state index contributed by atoms with van der Waals surface area (Å²) in [5, 5.41) is 2.97. The van der Waals surface area contributed by atoms with Crippen LogP contribution in [0.25, 0.3) is 0 Å². The van der Waals surface area contributed by atoms with Gasteiger partial charge in [0.05, 0.1) is 14.2 Å². The Balaban J connectivity index is 2.22. The first-order chi connectivity index (χ1) is 11.4. The van der Waals surface area contributed by atoms with Gasteiger partial charge >= 0.3 is 0 Å². The number of methoxy groups -OCH3 is 2. The molecule has 1 amide bonds. The quantitative estimate of drug-likeness (QED) is 0.880. The van der Waals surface area contributed by atoms with Crippen molar-refractivity contribution in [2.24, 2.45) is 0 Å². The number of carbonyl (C=O) groups excluding carboxylic acids is 1. The van der Waals surface area contributed by atoms with Crippen molar-refractivity contribution in [3.05, 3.63) is 46.8 Å². The fraction of sp³-hybridized carbons (Fsp3) is 0.421. The molecule has 0 fully saturated rings. The van der Waals surface area contributed by atoms with Gasteiger partial charge in [-0.25, -0.2) is 0 Å². The zero-order valence-corrected chi connectivity index (χ0v) is 15.3. The summed E-state index contributed by atoms with van der Waals surface area (Å²) in [6.45, 7) is 8.94. The van der Waals surface area contributed by atoms with E-state index in [2.05, 4.69) is 43.6 Å². The van der Waals surface area contributed by atoms with Gasteiger partial charge in [-0.1, -0.05) is 6.07 Å². The topological polar surface area (TPSA) is 52.5 Å². The lowest BCUT2D eigenvalue weighted by molar-refractivity contribution is 0.0944. The van der Waals surface area contributed by atoms with Crippen molar-refractivity contribution in [2.45, 2.75) is 40.3 Å². The van der Waals surface area contributed by atoms with Crippen LogP contribution in [0.2, 0.25) is 0 Å². The Hall–Kier alpha value is -2.43. The number of aryl methyl sites for hydroxylation is 1. The summed E-state index contributed by atoms with van der Waals surface area (Å²) >= 11 is 0. The molecule has 0 saturated carbocycles. The van der Waals surface area contributed by atoms with E-state index in [9.17, 15) is 4.79 Å². The zero-order chi connectivity index (χ0) is 17.9. The smallest absolute Gasteiger partial charge is 0.259 e. The van der Waals surface area contributed by atoms with Gasteiger partial charge in [0.25, 0.3) is 5.91 Å². The van der Waals surface area contributed by atoms with Crippen LogP contribution in [-0.2, 0) is 6.54 Å². The maximum atomic E-state index is 12.6. The van der Waals surface area contributed by atoms with E-state index < -0.39 is 0 Å². The van der Waals surface area contributed by atoms with Crippen LogP contribution in [0.3, 0.4) is 0 Å². The van der Waals surface area contributed by atoms with Crippen molar-refractivity contribution in [2.75, 3.05) is 14.2 Å². The molecule has 0 aliphatic carbocycles. The molecule has 0 radical (unpaired) electrons. The van der Waals surface area contributed by atoms with Crippen LogP contribution in [0, 0.1) is 13.8 Å². The first-order valence-electron chi connectivity index (χ1n) is 8.07. The van der Waals surface area contributed by atoms with Gasteiger partial charge in [0.1, 0.15) is 17.1 Å². The van der Waals surface area contributed by atoms with Gasteiger partial charge in [-0.2, -0.15) is 0 Å². The molecule has 0 saturated heterocycles. The van der Waals surface area contributed by atoms with Crippen LogP contribution < -0.4 is 14.8 Å². The number of benzene rings is 1. The first kappa shape index (κ1) is 17.9. The Morgan fingerprint density at radius 3 is 2.21 bits per heavy atom. The van der Waals surface area contributed by atoms with Crippen molar-refractivity contribution >= 4 is 5.91 Å². The Morgan fingerprint density at radius 1 is 1.17 bits per heavy atom. The lowest BCUT2D eigenvalue weighted by atomic mass is 10.1. The number of carbonyl (C=O) groups is 1. The number of nitrogens with zero attached hydrogens (tertiary/aromatic N) is 1. The predicted octanol–water partition coefficient (Wildman–Crippen LogP) is 3.63. The summed E-state index contributed by atoms with van der Waals surface area (Å²) in [6.07, 6.45) is 0. The number of ether oxygens (including phenoxy) is 2. The highest BCUT2D eigenvalue weighted by Gasteiger charge is 2.19. The lowest BCUT2D eigenvalue weighted by Crippen LogP contribution is -2.24. The summed E-state index contributed by atoms with van der Waals surface area (Å²) in [6, 6.07) is 7.81. The van der Waals surface area contributed by atoms with E-state index in [1.807, 2.05) is 0 Å². The third-order valence-corrected chi connectivity index (χ3v) is 4.20. The molecule has 0 unspecified atom stereocenters. The SMILES string of the molecule is COc1cccc(OC)c1C(=O)NCc1cc(C)n(C(C)C)c1C. The highest BCUT2D eigenvalue weighted by Crippen LogP contribution is 2.28. The molecule has 1 N–H and O–H groups in total. The molecule has 1 aromatic carbocycles. The van der Waals surface area contributed by atoms with Crippen molar-refractivity contribution in [1.82, 2.24) is 9.88 Å². The molecular formula is C19H26N2O3. The van der Waals surface area contributed by atoms with Crippen molar-refractivity contribution < 1.29 is 14.3 Å². The fourth-order valence-electron chi connectivity index (χ4n) is 3.16. The number of aromatic nitrogens is 1. The summed E-state index contributed by atoms with van der Waals surface area (Å²) < 4.78 is 12.9. The van der Waals surface area contributed by atoms with Gasteiger partial charge in [-0.05, 0) is 51.5 Å². The van der Waals surface area contributed by atoms with Crippen LogP contribution >= 0.6 is 0 Å². The highest BCUT2D eigenvalue weighted by atomic mass is 16.5. The van der Waals surface area contributed by atoms with E-state index >= 15 is 0 Å².